The van der Waals surface area contributed by atoms with E-state index in [4.69, 9.17) is 16.3 Å². The highest BCUT2D eigenvalue weighted by molar-refractivity contribution is 7.15. The molecule has 0 unspecified atom stereocenters. The Labute approximate surface area is 160 Å². The number of aromatic nitrogens is 2. The fourth-order valence-electron chi connectivity index (χ4n) is 2.82. The average Bonchev–Trinajstić information content (AvgIpc) is 3.21. The molecule has 0 saturated carbocycles. The Kier molecular flexibility index (Phi) is 5.73. The van der Waals surface area contributed by atoms with Crippen LogP contribution < -0.4 is 15.0 Å². The minimum Gasteiger partial charge on any atom is -0.495 e. The quantitative estimate of drug-likeness (QED) is 0.813. The second kappa shape index (κ2) is 8.01. The van der Waals surface area contributed by atoms with Gasteiger partial charge in [0.05, 0.1) is 18.7 Å². The Morgan fingerprint density at radius 1 is 1.46 bits per heavy atom. The van der Waals surface area contributed by atoms with Crippen LogP contribution in [0.4, 0.5) is 10.8 Å². The lowest BCUT2D eigenvalue weighted by atomic mass is 10.1. The van der Waals surface area contributed by atoms with E-state index in [0.717, 1.165) is 17.8 Å². The molecule has 1 aliphatic heterocycles. The van der Waals surface area contributed by atoms with Crippen molar-refractivity contribution in [3.8, 4) is 5.75 Å². The van der Waals surface area contributed by atoms with Crippen LogP contribution in [0.15, 0.2) is 18.2 Å². The zero-order valence-electron chi connectivity index (χ0n) is 14.5. The number of carbonyl (C=O) groups is 2. The third kappa shape index (κ3) is 3.96. The lowest BCUT2D eigenvalue weighted by Gasteiger charge is -2.19. The molecule has 26 heavy (non-hydrogen) atoms. The first-order chi connectivity index (χ1) is 12.5. The van der Waals surface area contributed by atoms with Gasteiger partial charge in [0.1, 0.15) is 10.8 Å². The van der Waals surface area contributed by atoms with Crippen LogP contribution in [0, 0.1) is 5.92 Å². The zero-order chi connectivity index (χ0) is 18.7. The van der Waals surface area contributed by atoms with Gasteiger partial charge >= 0.3 is 0 Å². The fraction of sp³-hybridized carbons (Fsp3) is 0.412. The van der Waals surface area contributed by atoms with Gasteiger partial charge in [0.15, 0.2) is 0 Å². The lowest BCUT2D eigenvalue weighted by Crippen LogP contribution is -2.28. The van der Waals surface area contributed by atoms with Gasteiger partial charge in [0.2, 0.25) is 16.9 Å². The third-order valence-electron chi connectivity index (χ3n) is 4.09. The Hall–Kier alpha value is -2.19. The van der Waals surface area contributed by atoms with Gasteiger partial charge in [-0.15, -0.1) is 10.2 Å². The summed E-state index contributed by atoms with van der Waals surface area (Å²) in [5.74, 6) is -0.308. The number of hydrogen-bond acceptors (Lipinski definition) is 6. The summed E-state index contributed by atoms with van der Waals surface area (Å²) in [4.78, 5) is 26.5. The number of nitrogens with one attached hydrogen (secondary N) is 1. The first-order valence-electron chi connectivity index (χ1n) is 8.29. The number of hydrogen-bond donors (Lipinski definition) is 1. The van der Waals surface area contributed by atoms with Gasteiger partial charge in [-0.25, -0.2) is 0 Å². The van der Waals surface area contributed by atoms with Crippen molar-refractivity contribution < 1.29 is 14.3 Å². The van der Waals surface area contributed by atoms with E-state index in [-0.39, 0.29) is 24.8 Å². The van der Waals surface area contributed by atoms with Gasteiger partial charge in [0.25, 0.3) is 0 Å². The highest BCUT2D eigenvalue weighted by atomic mass is 35.5. The molecule has 1 atom stereocenters. The molecule has 1 aromatic carbocycles. The summed E-state index contributed by atoms with van der Waals surface area (Å²) in [5, 5.41) is 12.6. The summed E-state index contributed by atoms with van der Waals surface area (Å²) in [6.45, 7) is 2.32. The standard InChI is InChI=1S/C17H19ClN4O3S/c1-3-4-14-20-21-17(26-14)19-16(24)10-7-15(23)22(9-10)12-8-11(18)5-6-13(12)25-2/h5-6,8,10H,3-4,7,9H2,1-2H3,(H,19,21,24)/t10-/m0/s1. The van der Waals surface area contributed by atoms with Crippen LogP contribution in [0.2, 0.25) is 5.02 Å². The van der Waals surface area contributed by atoms with Crippen molar-refractivity contribution in [3.63, 3.8) is 0 Å². The normalized spacial score (nSPS) is 16.8. The maximum absolute atomic E-state index is 12.5. The van der Waals surface area contributed by atoms with Crippen molar-refractivity contribution in [2.45, 2.75) is 26.2 Å². The van der Waals surface area contributed by atoms with E-state index < -0.39 is 5.92 Å². The molecule has 0 bridgehead atoms. The van der Waals surface area contributed by atoms with Crippen LogP contribution in [0.25, 0.3) is 0 Å². The van der Waals surface area contributed by atoms with Crippen molar-refractivity contribution in [1.29, 1.82) is 0 Å². The number of ether oxygens (including phenoxy) is 1. The first kappa shape index (κ1) is 18.6. The summed E-state index contributed by atoms with van der Waals surface area (Å²) in [6.07, 6.45) is 1.93. The summed E-state index contributed by atoms with van der Waals surface area (Å²) < 4.78 is 5.31. The van der Waals surface area contributed by atoms with E-state index >= 15 is 0 Å². The van der Waals surface area contributed by atoms with Crippen LogP contribution >= 0.6 is 22.9 Å². The van der Waals surface area contributed by atoms with E-state index in [2.05, 4.69) is 22.4 Å². The predicted molar refractivity (Wildman–Crippen MR) is 101 cm³/mol. The average molecular weight is 395 g/mol. The number of halogens is 1. The summed E-state index contributed by atoms with van der Waals surface area (Å²) >= 11 is 7.41. The van der Waals surface area contributed by atoms with Gasteiger partial charge in [0, 0.05) is 24.4 Å². The van der Waals surface area contributed by atoms with Crippen LogP contribution in [-0.4, -0.2) is 35.7 Å². The van der Waals surface area contributed by atoms with Gasteiger partial charge in [-0.3, -0.25) is 9.59 Å². The topological polar surface area (TPSA) is 84.4 Å². The minimum absolute atomic E-state index is 0.127. The van der Waals surface area contributed by atoms with Gasteiger partial charge in [-0.2, -0.15) is 0 Å². The summed E-state index contributed by atoms with van der Waals surface area (Å²) in [5.41, 5.74) is 0.571. The van der Waals surface area contributed by atoms with Crippen molar-refractivity contribution in [3.05, 3.63) is 28.2 Å². The molecule has 1 N–H and O–H groups in total. The maximum Gasteiger partial charge on any atom is 0.231 e. The summed E-state index contributed by atoms with van der Waals surface area (Å²) in [6, 6.07) is 5.06. The van der Waals surface area contributed by atoms with E-state index in [0.29, 0.717) is 21.6 Å². The Bertz CT molecular complexity index is 826. The molecule has 138 valence electrons. The first-order valence-corrected chi connectivity index (χ1v) is 9.48. The Balaban J connectivity index is 1.71. The SMILES string of the molecule is CCCc1nnc(NC(=O)[C@H]2CC(=O)N(c3cc(Cl)ccc3OC)C2)s1. The molecule has 7 nitrogen and oxygen atoms in total. The molecule has 2 heterocycles. The van der Waals surface area contributed by atoms with Crippen molar-refractivity contribution in [2.75, 3.05) is 23.9 Å². The molecule has 0 aliphatic carbocycles. The highest BCUT2D eigenvalue weighted by Crippen LogP contribution is 2.35. The number of amides is 2. The van der Waals surface area contributed by atoms with E-state index in [1.54, 1.807) is 18.2 Å². The number of benzene rings is 1. The molecular formula is C17H19ClN4O3S. The molecule has 1 fully saturated rings. The number of aryl methyl sites for hydroxylation is 1. The molecule has 2 aromatic rings. The lowest BCUT2D eigenvalue weighted by molar-refractivity contribution is -0.122. The van der Waals surface area contributed by atoms with Crippen LogP contribution in [0.1, 0.15) is 24.8 Å². The summed E-state index contributed by atoms with van der Waals surface area (Å²) in [7, 11) is 1.53. The molecule has 3 rings (SSSR count). The third-order valence-corrected chi connectivity index (χ3v) is 5.22. The second-order valence-corrected chi connectivity index (χ2v) is 7.46. The zero-order valence-corrected chi connectivity index (χ0v) is 16.1. The van der Waals surface area contributed by atoms with E-state index in [1.165, 1.54) is 23.3 Å². The predicted octanol–water partition coefficient (Wildman–Crippen LogP) is 3.14. The van der Waals surface area contributed by atoms with Crippen LogP contribution in [-0.2, 0) is 16.0 Å². The van der Waals surface area contributed by atoms with Crippen molar-refractivity contribution in [1.82, 2.24) is 10.2 Å². The number of rotatable bonds is 6. The molecule has 9 heteroatoms. The maximum atomic E-state index is 12.5. The van der Waals surface area contributed by atoms with Crippen LogP contribution in [0.3, 0.4) is 0 Å². The smallest absolute Gasteiger partial charge is 0.231 e. The number of anilines is 2. The second-order valence-electron chi connectivity index (χ2n) is 5.96. The molecule has 2 amide bonds. The number of carbonyl (C=O) groups excluding carboxylic acids is 2. The van der Waals surface area contributed by atoms with Crippen molar-refractivity contribution in [2.24, 2.45) is 5.92 Å². The largest absolute Gasteiger partial charge is 0.495 e. The van der Waals surface area contributed by atoms with Gasteiger partial charge in [-0.05, 0) is 24.6 Å². The highest BCUT2D eigenvalue weighted by Gasteiger charge is 2.36. The molecule has 1 aromatic heterocycles. The molecule has 1 aliphatic rings. The van der Waals surface area contributed by atoms with Crippen molar-refractivity contribution >= 4 is 45.6 Å². The number of methoxy groups -OCH3 is 1. The number of nitrogens with zero attached hydrogens (tertiary/aromatic N) is 3. The molecule has 0 spiro atoms. The van der Waals surface area contributed by atoms with Gasteiger partial charge < -0.3 is 15.0 Å². The minimum atomic E-state index is -0.468. The van der Waals surface area contributed by atoms with Crippen LogP contribution in [0.5, 0.6) is 5.75 Å². The molecular weight excluding hydrogens is 376 g/mol. The Morgan fingerprint density at radius 2 is 2.27 bits per heavy atom. The molecule has 0 radical (unpaired) electrons. The molecule has 1 saturated heterocycles. The Morgan fingerprint density at radius 3 is 3.00 bits per heavy atom. The van der Waals surface area contributed by atoms with E-state index in [9.17, 15) is 9.59 Å². The fourth-order valence-corrected chi connectivity index (χ4v) is 3.83. The van der Waals surface area contributed by atoms with E-state index in [1.807, 2.05) is 0 Å². The monoisotopic (exact) mass is 394 g/mol. The van der Waals surface area contributed by atoms with Gasteiger partial charge in [-0.1, -0.05) is 29.9 Å².